The molecular weight excluding hydrogens is 309 g/mol. The lowest BCUT2D eigenvalue weighted by Gasteiger charge is -2.35. The molecule has 2 aliphatic heterocycles. The van der Waals surface area contributed by atoms with Crippen LogP contribution < -0.4 is 5.32 Å². The Hall–Kier alpha value is -1.95. The van der Waals surface area contributed by atoms with Crippen LogP contribution in [-0.4, -0.2) is 60.9 Å². The van der Waals surface area contributed by atoms with Gasteiger partial charge in [0.05, 0.1) is 5.92 Å². The Kier molecular flexibility index (Phi) is 5.14. The normalized spacial score (nSPS) is 24.0. The summed E-state index contributed by atoms with van der Waals surface area (Å²) in [5, 5.41) is 3.28. The highest BCUT2D eigenvalue weighted by molar-refractivity contribution is 5.94. The Labute approximate surface area is 141 Å². The van der Waals surface area contributed by atoms with Gasteiger partial charge in [-0.15, -0.1) is 0 Å². The van der Waals surface area contributed by atoms with E-state index in [2.05, 4.69) is 5.32 Å². The standard InChI is InChI=1S/C18H24FN3O2/c1-21(16-8-9-20-11-16)17(23)14-3-2-10-22(12-14)18(24)13-4-6-15(19)7-5-13/h4-7,14,16,20H,2-3,8-12H2,1H3. The molecule has 2 aliphatic rings. The van der Waals surface area contributed by atoms with Crippen LogP contribution in [0.15, 0.2) is 24.3 Å². The van der Waals surface area contributed by atoms with Crippen molar-refractivity contribution in [1.82, 2.24) is 15.1 Å². The third kappa shape index (κ3) is 3.59. The second-order valence-electron chi connectivity index (χ2n) is 6.69. The zero-order valence-electron chi connectivity index (χ0n) is 14.0. The summed E-state index contributed by atoms with van der Waals surface area (Å²) in [6.07, 6.45) is 2.61. The monoisotopic (exact) mass is 333 g/mol. The van der Waals surface area contributed by atoms with Crippen LogP contribution in [0.4, 0.5) is 4.39 Å². The van der Waals surface area contributed by atoms with Gasteiger partial charge >= 0.3 is 0 Å². The van der Waals surface area contributed by atoms with E-state index in [1.165, 1.54) is 24.3 Å². The molecule has 1 aromatic carbocycles. The molecule has 2 atom stereocenters. The minimum Gasteiger partial charge on any atom is -0.341 e. The molecule has 6 heteroatoms. The van der Waals surface area contributed by atoms with Crippen molar-refractivity contribution in [3.05, 3.63) is 35.6 Å². The predicted molar refractivity (Wildman–Crippen MR) is 89.1 cm³/mol. The predicted octanol–water partition coefficient (Wildman–Crippen LogP) is 1.50. The Bertz CT molecular complexity index is 599. The van der Waals surface area contributed by atoms with Crippen LogP contribution in [0.1, 0.15) is 29.6 Å². The molecule has 0 aromatic heterocycles. The molecule has 24 heavy (non-hydrogen) atoms. The number of halogens is 1. The van der Waals surface area contributed by atoms with Crippen LogP contribution >= 0.6 is 0 Å². The summed E-state index contributed by atoms with van der Waals surface area (Å²) in [6.45, 7) is 2.88. The van der Waals surface area contributed by atoms with Gasteiger partial charge in [0.2, 0.25) is 5.91 Å². The van der Waals surface area contributed by atoms with E-state index < -0.39 is 0 Å². The molecule has 0 saturated carbocycles. The Morgan fingerprint density at radius 3 is 2.67 bits per heavy atom. The van der Waals surface area contributed by atoms with Gasteiger partial charge in [0.25, 0.3) is 5.91 Å². The molecule has 2 saturated heterocycles. The van der Waals surface area contributed by atoms with Crippen LogP contribution in [0.25, 0.3) is 0 Å². The molecule has 130 valence electrons. The minimum atomic E-state index is -0.356. The average molecular weight is 333 g/mol. The Morgan fingerprint density at radius 2 is 2.00 bits per heavy atom. The van der Waals surface area contributed by atoms with E-state index >= 15 is 0 Å². The van der Waals surface area contributed by atoms with E-state index in [0.717, 1.165) is 32.4 Å². The Morgan fingerprint density at radius 1 is 1.25 bits per heavy atom. The topological polar surface area (TPSA) is 52.7 Å². The van der Waals surface area contributed by atoms with Crippen LogP contribution in [0.5, 0.6) is 0 Å². The summed E-state index contributed by atoms with van der Waals surface area (Å²) in [5.74, 6) is -0.503. The van der Waals surface area contributed by atoms with Gasteiger partial charge in [-0.1, -0.05) is 0 Å². The number of likely N-dealkylation sites (tertiary alicyclic amines) is 1. The molecule has 0 bridgehead atoms. The number of nitrogens with zero attached hydrogens (tertiary/aromatic N) is 2. The molecule has 3 rings (SSSR count). The number of amides is 2. The van der Waals surface area contributed by atoms with Gasteiger partial charge in [-0.25, -0.2) is 4.39 Å². The highest BCUT2D eigenvalue weighted by Gasteiger charge is 2.33. The first-order chi connectivity index (χ1) is 11.6. The van der Waals surface area contributed by atoms with Crippen LogP contribution in [0.3, 0.4) is 0 Å². The van der Waals surface area contributed by atoms with Gasteiger partial charge in [-0.05, 0) is 50.1 Å². The van der Waals surface area contributed by atoms with E-state index in [0.29, 0.717) is 18.7 Å². The quantitative estimate of drug-likeness (QED) is 0.912. The molecule has 5 nitrogen and oxygen atoms in total. The van der Waals surface area contributed by atoms with Crippen LogP contribution in [0.2, 0.25) is 0 Å². The van der Waals surface area contributed by atoms with Crippen molar-refractivity contribution in [3.63, 3.8) is 0 Å². The number of nitrogens with one attached hydrogen (secondary N) is 1. The van der Waals surface area contributed by atoms with Gasteiger partial charge in [-0.3, -0.25) is 9.59 Å². The number of likely N-dealkylation sites (N-methyl/N-ethyl adjacent to an activating group) is 1. The SMILES string of the molecule is CN(C(=O)C1CCCN(C(=O)c2ccc(F)cc2)C1)C1CCNC1. The summed E-state index contributed by atoms with van der Waals surface area (Å²) < 4.78 is 13.0. The van der Waals surface area contributed by atoms with Crippen molar-refractivity contribution in [2.24, 2.45) is 5.92 Å². The summed E-state index contributed by atoms with van der Waals surface area (Å²) in [4.78, 5) is 28.9. The fourth-order valence-electron chi connectivity index (χ4n) is 3.58. The first kappa shape index (κ1) is 16.9. The number of carbonyl (C=O) groups is 2. The largest absolute Gasteiger partial charge is 0.341 e. The maximum atomic E-state index is 13.0. The summed E-state index contributed by atoms with van der Waals surface area (Å²) >= 11 is 0. The molecule has 1 aromatic rings. The molecule has 0 aliphatic carbocycles. The van der Waals surface area contributed by atoms with Crippen molar-refractivity contribution in [2.75, 3.05) is 33.2 Å². The van der Waals surface area contributed by atoms with Crippen molar-refractivity contribution in [3.8, 4) is 0 Å². The number of hydrogen-bond donors (Lipinski definition) is 1. The van der Waals surface area contributed by atoms with Gasteiger partial charge in [-0.2, -0.15) is 0 Å². The van der Waals surface area contributed by atoms with Crippen molar-refractivity contribution in [2.45, 2.75) is 25.3 Å². The van der Waals surface area contributed by atoms with Crippen molar-refractivity contribution >= 4 is 11.8 Å². The third-order valence-electron chi connectivity index (χ3n) is 5.08. The van der Waals surface area contributed by atoms with Crippen molar-refractivity contribution < 1.29 is 14.0 Å². The fourth-order valence-corrected chi connectivity index (χ4v) is 3.58. The van der Waals surface area contributed by atoms with E-state index in [1.807, 2.05) is 11.9 Å². The number of carbonyl (C=O) groups excluding carboxylic acids is 2. The Balaban J connectivity index is 1.64. The lowest BCUT2D eigenvalue weighted by atomic mass is 9.95. The molecule has 1 N–H and O–H groups in total. The zero-order valence-corrected chi connectivity index (χ0v) is 14.0. The number of rotatable bonds is 3. The zero-order chi connectivity index (χ0) is 17.1. The summed E-state index contributed by atoms with van der Waals surface area (Å²) in [5.41, 5.74) is 0.470. The van der Waals surface area contributed by atoms with E-state index in [4.69, 9.17) is 0 Å². The second kappa shape index (κ2) is 7.30. The second-order valence-corrected chi connectivity index (χ2v) is 6.69. The third-order valence-corrected chi connectivity index (χ3v) is 5.08. The smallest absolute Gasteiger partial charge is 0.253 e. The lowest BCUT2D eigenvalue weighted by Crippen LogP contribution is -2.48. The highest BCUT2D eigenvalue weighted by Crippen LogP contribution is 2.22. The molecule has 2 heterocycles. The van der Waals surface area contributed by atoms with E-state index in [9.17, 15) is 14.0 Å². The maximum Gasteiger partial charge on any atom is 0.253 e. The van der Waals surface area contributed by atoms with Crippen LogP contribution in [-0.2, 0) is 4.79 Å². The van der Waals surface area contributed by atoms with Gasteiger partial charge in [0.1, 0.15) is 5.82 Å². The lowest BCUT2D eigenvalue weighted by molar-refractivity contribution is -0.137. The summed E-state index contributed by atoms with van der Waals surface area (Å²) in [6, 6.07) is 5.83. The minimum absolute atomic E-state index is 0.125. The highest BCUT2D eigenvalue weighted by atomic mass is 19.1. The molecule has 0 radical (unpaired) electrons. The first-order valence-corrected chi connectivity index (χ1v) is 8.58. The number of piperidine rings is 1. The van der Waals surface area contributed by atoms with Gasteiger partial charge in [0, 0.05) is 38.3 Å². The van der Waals surface area contributed by atoms with E-state index in [-0.39, 0.29) is 29.6 Å². The van der Waals surface area contributed by atoms with Crippen LogP contribution in [0, 0.1) is 11.7 Å². The number of benzene rings is 1. The fraction of sp³-hybridized carbons (Fsp3) is 0.556. The molecule has 0 spiro atoms. The number of hydrogen-bond acceptors (Lipinski definition) is 3. The molecule has 2 fully saturated rings. The summed E-state index contributed by atoms with van der Waals surface area (Å²) in [7, 11) is 1.86. The maximum absolute atomic E-state index is 13.0. The van der Waals surface area contributed by atoms with E-state index in [1.54, 1.807) is 4.90 Å². The molecule has 2 unspecified atom stereocenters. The van der Waals surface area contributed by atoms with Crippen molar-refractivity contribution in [1.29, 1.82) is 0 Å². The molecule has 2 amide bonds. The first-order valence-electron chi connectivity index (χ1n) is 8.58. The van der Waals surface area contributed by atoms with Gasteiger partial charge < -0.3 is 15.1 Å². The molecular formula is C18H24FN3O2. The van der Waals surface area contributed by atoms with Gasteiger partial charge in [0.15, 0.2) is 0 Å². The average Bonchev–Trinajstić information content (AvgIpc) is 3.15.